The Morgan fingerprint density at radius 2 is 1.54 bits per heavy atom. The molecule has 0 aliphatic rings. The number of hydrogen-bond acceptors (Lipinski definition) is 3. The molecule has 1 heterocycles. The van der Waals surface area contributed by atoms with Crippen LogP contribution in [-0.2, 0) is 9.59 Å². The highest BCUT2D eigenvalue weighted by Gasteiger charge is 2.22. The van der Waals surface area contributed by atoms with Gasteiger partial charge in [0, 0.05) is 21.2 Å². The number of carbonyl (C=O) groups excluding carboxylic acids is 3. The molecule has 0 saturated carbocycles. The Morgan fingerprint density at radius 3 is 2.29 bits per heavy atom. The fourth-order valence-corrected chi connectivity index (χ4v) is 4.08. The van der Waals surface area contributed by atoms with E-state index in [1.807, 2.05) is 58.0 Å². The van der Waals surface area contributed by atoms with E-state index in [0.717, 1.165) is 32.1 Å². The van der Waals surface area contributed by atoms with Gasteiger partial charge in [0.05, 0.1) is 5.52 Å². The molecular weight excluding hydrogens is 508 g/mol. The lowest BCUT2D eigenvalue weighted by atomic mass is 10.1. The zero-order valence-electron chi connectivity index (χ0n) is 19.8. The molecule has 35 heavy (non-hydrogen) atoms. The molecule has 4 aromatic rings. The summed E-state index contributed by atoms with van der Waals surface area (Å²) in [5.74, 6) is -2.15. The molecule has 3 aromatic carbocycles. The van der Waals surface area contributed by atoms with Crippen molar-refractivity contribution in [1.82, 2.24) is 4.68 Å². The van der Waals surface area contributed by atoms with Gasteiger partial charge in [-0.25, -0.2) is 4.68 Å². The van der Waals surface area contributed by atoms with Gasteiger partial charge in [0.15, 0.2) is 0 Å². The highest BCUT2D eigenvalue weighted by atomic mass is 79.9. The summed E-state index contributed by atoms with van der Waals surface area (Å²) in [7, 11) is 0. The molecule has 0 atom stereocenters. The van der Waals surface area contributed by atoms with Crippen molar-refractivity contribution >= 4 is 55.9 Å². The van der Waals surface area contributed by atoms with Crippen LogP contribution in [0.15, 0.2) is 65.1 Å². The topological polar surface area (TPSA) is 92.2 Å². The molecular formula is C27H25BrN4O3. The Labute approximate surface area is 211 Å². The van der Waals surface area contributed by atoms with Crippen LogP contribution >= 0.6 is 15.9 Å². The van der Waals surface area contributed by atoms with Crippen molar-refractivity contribution in [3.8, 4) is 0 Å². The summed E-state index contributed by atoms with van der Waals surface area (Å²) in [5.41, 5.74) is 8.60. The van der Waals surface area contributed by atoms with Crippen molar-refractivity contribution in [2.24, 2.45) is 0 Å². The van der Waals surface area contributed by atoms with Gasteiger partial charge in [-0.15, -0.1) is 0 Å². The van der Waals surface area contributed by atoms with E-state index in [1.165, 1.54) is 4.68 Å². The average Bonchev–Trinajstić information content (AvgIpc) is 3.16. The Kier molecular flexibility index (Phi) is 6.75. The van der Waals surface area contributed by atoms with Crippen molar-refractivity contribution < 1.29 is 14.4 Å². The number of anilines is 2. The van der Waals surface area contributed by atoms with Crippen molar-refractivity contribution in [2.45, 2.75) is 27.7 Å². The quantitative estimate of drug-likeness (QED) is 0.299. The summed E-state index contributed by atoms with van der Waals surface area (Å²) in [6.45, 7) is 7.79. The number of benzene rings is 3. The highest BCUT2D eigenvalue weighted by Crippen LogP contribution is 2.25. The number of nitrogens with one attached hydrogen (secondary N) is 3. The van der Waals surface area contributed by atoms with Gasteiger partial charge in [0.2, 0.25) is 0 Å². The smallest absolute Gasteiger partial charge is 0.320 e. The molecule has 1 aromatic heterocycles. The molecule has 7 nitrogen and oxygen atoms in total. The minimum Gasteiger partial charge on any atom is -0.320 e. The summed E-state index contributed by atoms with van der Waals surface area (Å²) < 4.78 is 2.16. The van der Waals surface area contributed by atoms with Crippen LogP contribution in [0.1, 0.15) is 32.7 Å². The zero-order chi connectivity index (χ0) is 25.3. The maximum Gasteiger partial charge on any atom is 0.328 e. The number of fused-ring (bicyclic) bond motifs is 1. The van der Waals surface area contributed by atoms with Crippen LogP contribution in [0.2, 0.25) is 0 Å². The molecule has 0 aliphatic carbocycles. The zero-order valence-corrected chi connectivity index (χ0v) is 21.4. The molecule has 3 N–H and O–H groups in total. The van der Waals surface area contributed by atoms with E-state index in [-0.39, 0.29) is 5.69 Å². The van der Waals surface area contributed by atoms with Gasteiger partial charge >= 0.3 is 11.8 Å². The van der Waals surface area contributed by atoms with Gasteiger partial charge in [-0.05, 0) is 92.4 Å². The van der Waals surface area contributed by atoms with E-state index in [2.05, 4.69) is 32.0 Å². The van der Waals surface area contributed by atoms with Crippen molar-refractivity contribution in [1.29, 1.82) is 0 Å². The molecule has 0 unspecified atom stereocenters. The summed E-state index contributed by atoms with van der Waals surface area (Å²) in [6, 6.07) is 18.1. The van der Waals surface area contributed by atoms with Crippen LogP contribution in [0.4, 0.5) is 11.4 Å². The van der Waals surface area contributed by atoms with Crippen LogP contribution < -0.4 is 16.1 Å². The predicted octanol–water partition coefficient (Wildman–Crippen LogP) is 5.60. The highest BCUT2D eigenvalue weighted by molar-refractivity contribution is 9.10. The number of aromatic nitrogens is 1. The first-order chi connectivity index (χ1) is 16.6. The van der Waals surface area contributed by atoms with Gasteiger partial charge in [-0.1, -0.05) is 34.1 Å². The number of amides is 3. The Hall–Kier alpha value is -3.91. The molecule has 0 bridgehead atoms. The minimum atomic E-state index is -0.899. The largest absolute Gasteiger partial charge is 0.328 e. The van der Waals surface area contributed by atoms with Crippen molar-refractivity contribution in [3.05, 3.63) is 93.1 Å². The molecule has 0 radical (unpaired) electrons. The van der Waals surface area contributed by atoms with Crippen LogP contribution in [0.25, 0.3) is 10.9 Å². The molecule has 0 aliphatic heterocycles. The summed E-state index contributed by atoms with van der Waals surface area (Å²) >= 11 is 3.44. The third-order valence-electron chi connectivity index (χ3n) is 6.03. The van der Waals surface area contributed by atoms with E-state index >= 15 is 0 Å². The fraction of sp³-hybridized carbons (Fsp3) is 0.148. The van der Waals surface area contributed by atoms with Gasteiger partial charge < -0.3 is 10.6 Å². The van der Waals surface area contributed by atoms with Crippen LogP contribution in [-0.4, -0.2) is 22.4 Å². The third-order valence-corrected chi connectivity index (χ3v) is 6.53. The Morgan fingerprint density at radius 1 is 0.771 bits per heavy atom. The average molecular weight is 533 g/mol. The lowest BCUT2D eigenvalue weighted by Gasteiger charge is -2.14. The molecule has 0 saturated heterocycles. The lowest BCUT2D eigenvalue weighted by molar-refractivity contribution is -0.133. The maximum absolute atomic E-state index is 13.3. The SMILES string of the molecule is Cc1ccc(NC(=O)C(=O)Nn2c(C(=O)Nc3cccc(C)c3C)cc3cc(Br)ccc32)cc1C. The number of carbonyl (C=O) groups is 3. The monoisotopic (exact) mass is 532 g/mol. The number of aryl methyl sites for hydroxylation is 3. The second kappa shape index (κ2) is 9.76. The van der Waals surface area contributed by atoms with Crippen molar-refractivity contribution in [3.63, 3.8) is 0 Å². The van der Waals surface area contributed by atoms with Gasteiger partial charge in [-0.3, -0.25) is 19.8 Å². The van der Waals surface area contributed by atoms with Gasteiger partial charge in [0.25, 0.3) is 5.91 Å². The third kappa shape index (κ3) is 5.12. The molecule has 4 rings (SSSR count). The normalized spacial score (nSPS) is 10.8. The van der Waals surface area contributed by atoms with Gasteiger partial charge in [-0.2, -0.15) is 0 Å². The Balaban J connectivity index is 1.64. The number of nitrogens with zero attached hydrogens (tertiary/aromatic N) is 1. The molecule has 178 valence electrons. The Bertz CT molecular complexity index is 1490. The summed E-state index contributed by atoms with van der Waals surface area (Å²) in [5, 5.41) is 6.25. The lowest BCUT2D eigenvalue weighted by Crippen LogP contribution is -2.36. The predicted molar refractivity (Wildman–Crippen MR) is 142 cm³/mol. The van der Waals surface area contributed by atoms with Crippen LogP contribution in [0.3, 0.4) is 0 Å². The first kappa shape index (κ1) is 24.2. The van der Waals surface area contributed by atoms with E-state index in [1.54, 1.807) is 30.3 Å². The first-order valence-electron chi connectivity index (χ1n) is 11.0. The molecule has 0 spiro atoms. The maximum atomic E-state index is 13.3. The molecule has 3 amide bonds. The van der Waals surface area contributed by atoms with E-state index in [4.69, 9.17) is 0 Å². The van der Waals surface area contributed by atoms with E-state index in [0.29, 0.717) is 16.9 Å². The first-order valence-corrected chi connectivity index (χ1v) is 11.8. The van der Waals surface area contributed by atoms with E-state index < -0.39 is 17.7 Å². The van der Waals surface area contributed by atoms with Crippen LogP contribution in [0.5, 0.6) is 0 Å². The second-order valence-corrected chi connectivity index (χ2v) is 9.38. The second-order valence-electron chi connectivity index (χ2n) is 8.46. The molecule has 0 fully saturated rings. The number of rotatable bonds is 4. The molecule has 8 heteroatoms. The number of hydrogen-bond donors (Lipinski definition) is 3. The summed E-state index contributed by atoms with van der Waals surface area (Å²) in [4.78, 5) is 38.7. The number of halogens is 1. The van der Waals surface area contributed by atoms with E-state index in [9.17, 15) is 14.4 Å². The van der Waals surface area contributed by atoms with Gasteiger partial charge in [0.1, 0.15) is 5.69 Å². The van der Waals surface area contributed by atoms with Crippen molar-refractivity contribution in [2.75, 3.05) is 16.1 Å². The van der Waals surface area contributed by atoms with Crippen LogP contribution in [0, 0.1) is 27.7 Å². The standard InChI is InChI=1S/C27H25BrN4O3/c1-15-8-10-21(12-17(15)3)29-26(34)27(35)31-32-23-11-9-20(28)13-19(23)14-24(32)25(33)30-22-7-5-6-16(2)18(22)4/h5-14H,1-4H3,(H,29,34)(H,30,33)(H,31,35). The summed E-state index contributed by atoms with van der Waals surface area (Å²) in [6.07, 6.45) is 0. The minimum absolute atomic E-state index is 0.186. The fourth-order valence-electron chi connectivity index (χ4n) is 3.71.